The van der Waals surface area contributed by atoms with Gasteiger partial charge in [-0.3, -0.25) is 0 Å². The highest BCUT2D eigenvalue weighted by atomic mass is 32.2. The molecule has 9 nitrogen and oxygen atoms in total. The number of aryl methyl sites for hydroxylation is 1. The number of nitrogens with zero attached hydrogens (tertiary/aromatic N) is 5. The summed E-state index contributed by atoms with van der Waals surface area (Å²) in [4.78, 5) is 4.33. The van der Waals surface area contributed by atoms with Gasteiger partial charge in [0.05, 0.1) is 21.5 Å². The summed E-state index contributed by atoms with van der Waals surface area (Å²) in [6.07, 6.45) is 1.55. The average molecular weight is 385 g/mol. The van der Waals surface area contributed by atoms with Crippen molar-refractivity contribution in [3.05, 3.63) is 42.2 Å². The summed E-state index contributed by atoms with van der Waals surface area (Å²) in [6, 6.07) is 8.15. The standard InChI is InChI=1S/C17H15N5O4S/c1-10-14-8-12(9-18-17(14)26-21-10)16-20-19-15(25-16)11-5-4-6-13(7-11)27(23,24)22(2)3/h4-9H,1-3H3. The Morgan fingerprint density at radius 2 is 1.78 bits per heavy atom. The molecular weight excluding hydrogens is 370 g/mol. The Labute approximate surface area is 154 Å². The number of fused-ring (bicyclic) bond motifs is 1. The predicted molar refractivity (Wildman–Crippen MR) is 96.1 cm³/mol. The fraction of sp³-hybridized carbons (Fsp3) is 0.176. The molecule has 0 N–H and O–H groups in total. The van der Waals surface area contributed by atoms with Gasteiger partial charge in [-0.2, -0.15) is 0 Å². The van der Waals surface area contributed by atoms with Crippen LogP contribution in [0.3, 0.4) is 0 Å². The van der Waals surface area contributed by atoms with Gasteiger partial charge in [-0.15, -0.1) is 10.2 Å². The molecule has 0 aliphatic carbocycles. The van der Waals surface area contributed by atoms with Crippen molar-refractivity contribution in [2.24, 2.45) is 0 Å². The Hall–Kier alpha value is -3.11. The molecule has 27 heavy (non-hydrogen) atoms. The molecule has 138 valence electrons. The van der Waals surface area contributed by atoms with E-state index in [-0.39, 0.29) is 16.7 Å². The molecule has 0 unspecified atom stereocenters. The van der Waals surface area contributed by atoms with Crippen LogP contribution >= 0.6 is 0 Å². The third-order valence-corrected chi connectivity index (χ3v) is 5.85. The monoisotopic (exact) mass is 385 g/mol. The van der Waals surface area contributed by atoms with Gasteiger partial charge >= 0.3 is 0 Å². The third-order valence-electron chi connectivity index (χ3n) is 4.04. The van der Waals surface area contributed by atoms with E-state index in [0.29, 0.717) is 22.5 Å². The van der Waals surface area contributed by atoms with Crippen LogP contribution in [0.2, 0.25) is 0 Å². The number of aromatic nitrogens is 4. The van der Waals surface area contributed by atoms with Gasteiger partial charge in [0.2, 0.25) is 21.8 Å². The number of pyridine rings is 1. The van der Waals surface area contributed by atoms with Crippen molar-refractivity contribution in [1.82, 2.24) is 24.6 Å². The Morgan fingerprint density at radius 1 is 1.04 bits per heavy atom. The van der Waals surface area contributed by atoms with Crippen molar-refractivity contribution in [1.29, 1.82) is 0 Å². The van der Waals surface area contributed by atoms with Crippen LogP contribution < -0.4 is 0 Å². The van der Waals surface area contributed by atoms with Crippen LogP contribution in [-0.4, -0.2) is 47.2 Å². The molecule has 1 aromatic carbocycles. The van der Waals surface area contributed by atoms with Gasteiger partial charge in [0.15, 0.2) is 0 Å². The zero-order chi connectivity index (χ0) is 19.2. The number of rotatable bonds is 4. The zero-order valence-electron chi connectivity index (χ0n) is 14.7. The number of benzene rings is 1. The van der Waals surface area contributed by atoms with E-state index < -0.39 is 10.0 Å². The van der Waals surface area contributed by atoms with E-state index in [4.69, 9.17) is 8.94 Å². The molecule has 4 rings (SSSR count). The lowest BCUT2D eigenvalue weighted by molar-refractivity contribution is 0.443. The van der Waals surface area contributed by atoms with Gasteiger partial charge in [0, 0.05) is 25.9 Å². The largest absolute Gasteiger partial charge is 0.416 e. The highest BCUT2D eigenvalue weighted by molar-refractivity contribution is 7.89. The van der Waals surface area contributed by atoms with Crippen molar-refractivity contribution < 1.29 is 17.4 Å². The van der Waals surface area contributed by atoms with Crippen LogP contribution in [0.15, 0.2) is 50.4 Å². The van der Waals surface area contributed by atoms with E-state index in [1.807, 2.05) is 6.92 Å². The Morgan fingerprint density at radius 3 is 2.52 bits per heavy atom. The molecule has 0 amide bonds. The van der Waals surface area contributed by atoms with E-state index >= 15 is 0 Å². The van der Waals surface area contributed by atoms with E-state index in [1.54, 1.807) is 24.4 Å². The zero-order valence-corrected chi connectivity index (χ0v) is 15.6. The molecule has 4 aromatic rings. The summed E-state index contributed by atoms with van der Waals surface area (Å²) in [5.74, 6) is 0.476. The van der Waals surface area contributed by atoms with Gasteiger partial charge in [0.25, 0.3) is 5.71 Å². The summed E-state index contributed by atoms with van der Waals surface area (Å²) in [5, 5.41) is 12.7. The first kappa shape index (κ1) is 17.3. The molecule has 3 heterocycles. The van der Waals surface area contributed by atoms with Gasteiger partial charge in [-0.1, -0.05) is 11.2 Å². The molecule has 0 aliphatic heterocycles. The molecular formula is C17H15N5O4S. The second-order valence-electron chi connectivity index (χ2n) is 6.07. The minimum atomic E-state index is -3.56. The summed E-state index contributed by atoms with van der Waals surface area (Å²) in [6.45, 7) is 1.81. The Kier molecular flexibility index (Phi) is 4.01. The number of hydrogen-bond acceptors (Lipinski definition) is 8. The van der Waals surface area contributed by atoms with Crippen molar-refractivity contribution >= 4 is 21.1 Å². The fourth-order valence-electron chi connectivity index (χ4n) is 2.52. The lowest BCUT2D eigenvalue weighted by atomic mass is 10.2. The number of sulfonamides is 1. The molecule has 3 aromatic heterocycles. The summed E-state index contributed by atoms with van der Waals surface area (Å²) < 4.78 is 36.6. The molecule has 10 heteroatoms. The molecule has 0 atom stereocenters. The summed E-state index contributed by atoms with van der Waals surface area (Å²) >= 11 is 0. The van der Waals surface area contributed by atoms with Crippen LogP contribution in [0.4, 0.5) is 0 Å². The van der Waals surface area contributed by atoms with Gasteiger partial charge in [-0.05, 0) is 31.2 Å². The maximum Gasteiger partial charge on any atom is 0.257 e. The van der Waals surface area contributed by atoms with E-state index in [0.717, 1.165) is 9.69 Å². The van der Waals surface area contributed by atoms with Crippen LogP contribution in [0, 0.1) is 6.92 Å². The Bertz CT molecular complexity index is 1240. The predicted octanol–water partition coefficient (Wildman–Crippen LogP) is 2.50. The summed E-state index contributed by atoms with van der Waals surface area (Å²) in [7, 11) is -0.610. The van der Waals surface area contributed by atoms with Gasteiger partial charge in [0.1, 0.15) is 0 Å². The quantitative estimate of drug-likeness (QED) is 0.526. The molecule has 0 fully saturated rings. The van der Waals surface area contributed by atoms with Gasteiger partial charge < -0.3 is 8.94 Å². The second-order valence-corrected chi connectivity index (χ2v) is 8.22. The van der Waals surface area contributed by atoms with E-state index in [2.05, 4.69) is 20.3 Å². The molecule has 0 saturated heterocycles. The van der Waals surface area contributed by atoms with Crippen molar-refractivity contribution in [2.75, 3.05) is 14.1 Å². The minimum absolute atomic E-state index is 0.146. The first-order valence-corrected chi connectivity index (χ1v) is 9.39. The molecule has 0 radical (unpaired) electrons. The van der Waals surface area contributed by atoms with E-state index in [9.17, 15) is 8.42 Å². The molecule has 0 saturated carbocycles. The minimum Gasteiger partial charge on any atom is -0.416 e. The lowest BCUT2D eigenvalue weighted by Gasteiger charge is -2.11. The van der Waals surface area contributed by atoms with Crippen LogP contribution in [0.5, 0.6) is 0 Å². The van der Waals surface area contributed by atoms with Crippen molar-refractivity contribution in [3.63, 3.8) is 0 Å². The van der Waals surface area contributed by atoms with Crippen LogP contribution in [0.1, 0.15) is 5.69 Å². The highest BCUT2D eigenvalue weighted by Crippen LogP contribution is 2.28. The molecule has 0 aliphatic rings. The third kappa shape index (κ3) is 2.98. The smallest absolute Gasteiger partial charge is 0.257 e. The topological polar surface area (TPSA) is 115 Å². The second kappa shape index (κ2) is 6.25. The molecule has 0 bridgehead atoms. The first-order chi connectivity index (χ1) is 12.9. The normalized spacial score (nSPS) is 12.1. The lowest BCUT2D eigenvalue weighted by Crippen LogP contribution is -2.22. The van der Waals surface area contributed by atoms with Crippen LogP contribution in [-0.2, 0) is 10.0 Å². The average Bonchev–Trinajstić information content (AvgIpc) is 3.29. The first-order valence-electron chi connectivity index (χ1n) is 7.95. The van der Waals surface area contributed by atoms with Gasteiger partial charge in [-0.25, -0.2) is 17.7 Å². The SMILES string of the molecule is Cc1noc2ncc(-c3nnc(-c4cccc(S(=O)(=O)N(C)C)c4)o3)cc12. The van der Waals surface area contributed by atoms with Crippen molar-refractivity contribution in [2.45, 2.75) is 11.8 Å². The highest BCUT2D eigenvalue weighted by Gasteiger charge is 2.19. The maximum absolute atomic E-state index is 12.3. The number of hydrogen-bond donors (Lipinski definition) is 0. The van der Waals surface area contributed by atoms with E-state index in [1.165, 1.54) is 26.2 Å². The van der Waals surface area contributed by atoms with Crippen LogP contribution in [0.25, 0.3) is 34.0 Å². The molecule has 0 spiro atoms. The fourth-order valence-corrected chi connectivity index (χ4v) is 3.47. The summed E-state index contributed by atoms with van der Waals surface area (Å²) in [5.41, 5.74) is 2.26. The van der Waals surface area contributed by atoms with Crippen molar-refractivity contribution in [3.8, 4) is 22.9 Å². The maximum atomic E-state index is 12.3. The Balaban J connectivity index is 1.73.